The third kappa shape index (κ3) is 3.43. The molecule has 3 aromatic rings. The average molecular weight is 307 g/mol. The number of aromatic amines is 1. The van der Waals surface area contributed by atoms with Crippen molar-refractivity contribution >= 4 is 16.8 Å². The number of fused-ring (bicyclic) bond motifs is 1. The van der Waals surface area contributed by atoms with E-state index in [0.29, 0.717) is 0 Å². The lowest BCUT2D eigenvalue weighted by atomic mass is 10.0. The van der Waals surface area contributed by atoms with E-state index in [4.69, 9.17) is 5.73 Å². The van der Waals surface area contributed by atoms with Crippen LogP contribution in [0, 0.1) is 0 Å². The fourth-order valence-corrected chi connectivity index (χ4v) is 2.84. The number of hydrogen-bond donors (Lipinski definition) is 3. The van der Waals surface area contributed by atoms with Crippen molar-refractivity contribution in [2.75, 3.05) is 0 Å². The summed E-state index contributed by atoms with van der Waals surface area (Å²) in [6.45, 7) is 1.98. The Morgan fingerprint density at radius 3 is 2.61 bits per heavy atom. The van der Waals surface area contributed by atoms with Crippen LogP contribution >= 0.6 is 0 Å². The van der Waals surface area contributed by atoms with Crippen LogP contribution in [0.3, 0.4) is 0 Å². The maximum Gasteiger partial charge on any atom is 0.222 e. The predicted octanol–water partition coefficient (Wildman–Crippen LogP) is 3.44. The van der Waals surface area contributed by atoms with Gasteiger partial charge in [-0.2, -0.15) is 0 Å². The third-order valence-corrected chi connectivity index (χ3v) is 4.10. The number of para-hydroxylation sites is 1. The first kappa shape index (κ1) is 15.3. The Morgan fingerprint density at radius 1 is 1.13 bits per heavy atom. The fourth-order valence-electron chi connectivity index (χ4n) is 2.84. The molecule has 0 bridgehead atoms. The lowest BCUT2D eigenvalue weighted by Crippen LogP contribution is -2.29. The summed E-state index contributed by atoms with van der Waals surface area (Å²) in [6, 6.07) is 17.5. The average Bonchev–Trinajstić information content (AvgIpc) is 2.99. The van der Waals surface area contributed by atoms with E-state index in [1.807, 2.05) is 67.7 Å². The van der Waals surface area contributed by atoms with Crippen molar-refractivity contribution in [3.05, 3.63) is 71.9 Å². The molecule has 4 heteroatoms. The standard InChI is InChI=1S/C19H21N3O/c1-13(14-7-3-2-4-8-14)22-19(23)11-17(20)16-12-21-18-10-6-5-9-15(16)18/h2-10,12-13,17,21H,11,20H2,1H3,(H,22,23). The molecule has 4 N–H and O–H groups in total. The highest BCUT2D eigenvalue weighted by Gasteiger charge is 2.17. The first-order chi connectivity index (χ1) is 11.1. The van der Waals surface area contributed by atoms with E-state index in [0.717, 1.165) is 22.0 Å². The van der Waals surface area contributed by atoms with Gasteiger partial charge >= 0.3 is 0 Å². The van der Waals surface area contributed by atoms with Crippen molar-refractivity contribution in [1.82, 2.24) is 10.3 Å². The molecular weight excluding hydrogens is 286 g/mol. The van der Waals surface area contributed by atoms with E-state index in [1.54, 1.807) is 0 Å². The predicted molar refractivity (Wildman–Crippen MR) is 92.8 cm³/mol. The number of carbonyl (C=O) groups is 1. The summed E-state index contributed by atoms with van der Waals surface area (Å²) in [5, 5.41) is 4.08. The Labute approximate surface area is 135 Å². The maximum atomic E-state index is 12.3. The molecule has 0 radical (unpaired) electrons. The van der Waals surface area contributed by atoms with Gasteiger partial charge in [-0.1, -0.05) is 48.5 Å². The molecule has 1 amide bonds. The second kappa shape index (κ2) is 6.67. The largest absolute Gasteiger partial charge is 0.361 e. The SMILES string of the molecule is CC(NC(=O)CC(N)c1c[nH]c2ccccc12)c1ccccc1. The van der Waals surface area contributed by atoms with Gasteiger partial charge in [-0.15, -0.1) is 0 Å². The Balaban J connectivity index is 1.65. The first-order valence-corrected chi connectivity index (χ1v) is 7.81. The molecule has 1 aromatic heterocycles. The highest BCUT2D eigenvalue weighted by atomic mass is 16.1. The van der Waals surface area contributed by atoms with Crippen LogP contribution in [-0.2, 0) is 4.79 Å². The molecule has 118 valence electrons. The van der Waals surface area contributed by atoms with Gasteiger partial charge in [0.15, 0.2) is 0 Å². The molecule has 0 spiro atoms. The van der Waals surface area contributed by atoms with Gasteiger partial charge in [0.2, 0.25) is 5.91 Å². The van der Waals surface area contributed by atoms with Gasteiger partial charge in [-0.05, 0) is 24.1 Å². The Bertz CT molecular complexity index is 794. The van der Waals surface area contributed by atoms with Gasteiger partial charge in [-0.25, -0.2) is 0 Å². The molecule has 2 unspecified atom stereocenters. The number of nitrogens with one attached hydrogen (secondary N) is 2. The second-order valence-electron chi connectivity index (χ2n) is 5.80. The number of nitrogens with two attached hydrogens (primary N) is 1. The molecule has 2 atom stereocenters. The van der Waals surface area contributed by atoms with Gasteiger partial charge < -0.3 is 16.0 Å². The van der Waals surface area contributed by atoms with Crippen molar-refractivity contribution in [2.45, 2.75) is 25.4 Å². The molecule has 0 aliphatic carbocycles. The highest BCUT2D eigenvalue weighted by molar-refractivity contribution is 5.85. The van der Waals surface area contributed by atoms with Crippen LogP contribution < -0.4 is 11.1 Å². The van der Waals surface area contributed by atoms with E-state index in [9.17, 15) is 4.79 Å². The number of rotatable bonds is 5. The number of carbonyl (C=O) groups excluding carboxylic acids is 1. The van der Waals surface area contributed by atoms with E-state index < -0.39 is 0 Å². The zero-order chi connectivity index (χ0) is 16.2. The molecule has 0 saturated carbocycles. The molecular formula is C19H21N3O. The molecule has 0 aliphatic rings. The van der Waals surface area contributed by atoms with Crippen LogP contribution in [0.4, 0.5) is 0 Å². The lowest BCUT2D eigenvalue weighted by Gasteiger charge is -2.16. The van der Waals surface area contributed by atoms with Crippen molar-refractivity contribution in [1.29, 1.82) is 0 Å². The van der Waals surface area contributed by atoms with Crippen LogP contribution in [0.2, 0.25) is 0 Å². The minimum Gasteiger partial charge on any atom is -0.361 e. The van der Waals surface area contributed by atoms with Gasteiger partial charge in [0.1, 0.15) is 0 Å². The molecule has 0 aliphatic heterocycles. The normalized spacial score (nSPS) is 13.7. The summed E-state index contributed by atoms with van der Waals surface area (Å²) >= 11 is 0. The number of aromatic nitrogens is 1. The zero-order valence-corrected chi connectivity index (χ0v) is 13.1. The van der Waals surface area contributed by atoms with Crippen LogP contribution in [0.15, 0.2) is 60.8 Å². The minimum atomic E-state index is -0.325. The summed E-state index contributed by atoms with van der Waals surface area (Å²) in [5.74, 6) is -0.0425. The van der Waals surface area contributed by atoms with Crippen LogP contribution in [-0.4, -0.2) is 10.9 Å². The van der Waals surface area contributed by atoms with Gasteiger partial charge in [0, 0.05) is 29.6 Å². The van der Waals surface area contributed by atoms with Crippen LogP contribution in [0.1, 0.15) is 36.6 Å². The number of H-pyrrole nitrogens is 1. The Morgan fingerprint density at radius 2 is 1.83 bits per heavy atom. The van der Waals surface area contributed by atoms with E-state index in [-0.39, 0.29) is 24.4 Å². The monoisotopic (exact) mass is 307 g/mol. The maximum absolute atomic E-state index is 12.3. The number of benzene rings is 2. The second-order valence-corrected chi connectivity index (χ2v) is 5.80. The molecule has 0 fully saturated rings. The summed E-state index contributed by atoms with van der Waals surface area (Å²) < 4.78 is 0. The smallest absolute Gasteiger partial charge is 0.222 e. The van der Waals surface area contributed by atoms with Gasteiger partial charge in [-0.3, -0.25) is 4.79 Å². The molecule has 2 aromatic carbocycles. The van der Waals surface area contributed by atoms with Crippen molar-refractivity contribution in [3.8, 4) is 0 Å². The zero-order valence-electron chi connectivity index (χ0n) is 13.1. The fraction of sp³-hybridized carbons (Fsp3) is 0.211. The van der Waals surface area contributed by atoms with Crippen molar-refractivity contribution < 1.29 is 4.79 Å². The van der Waals surface area contributed by atoms with E-state index >= 15 is 0 Å². The first-order valence-electron chi connectivity index (χ1n) is 7.81. The van der Waals surface area contributed by atoms with E-state index in [1.165, 1.54) is 0 Å². The quantitative estimate of drug-likeness (QED) is 0.676. The minimum absolute atomic E-state index is 0.0288. The Kier molecular flexibility index (Phi) is 4.44. The van der Waals surface area contributed by atoms with Gasteiger partial charge in [0.05, 0.1) is 6.04 Å². The third-order valence-electron chi connectivity index (χ3n) is 4.10. The topological polar surface area (TPSA) is 70.9 Å². The van der Waals surface area contributed by atoms with Crippen LogP contribution in [0.5, 0.6) is 0 Å². The lowest BCUT2D eigenvalue weighted by molar-refractivity contribution is -0.122. The van der Waals surface area contributed by atoms with Crippen molar-refractivity contribution in [3.63, 3.8) is 0 Å². The van der Waals surface area contributed by atoms with Crippen LogP contribution in [0.25, 0.3) is 10.9 Å². The molecule has 3 rings (SSSR count). The molecule has 23 heavy (non-hydrogen) atoms. The summed E-state index contributed by atoms with van der Waals surface area (Å²) in [6.07, 6.45) is 2.16. The number of amides is 1. The van der Waals surface area contributed by atoms with E-state index in [2.05, 4.69) is 10.3 Å². The highest BCUT2D eigenvalue weighted by Crippen LogP contribution is 2.24. The van der Waals surface area contributed by atoms with Crippen molar-refractivity contribution in [2.24, 2.45) is 5.73 Å². The Hall–Kier alpha value is -2.59. The summed E-state index contributed by atoms with van der Waals surface area (Å²) in [7, 11) is 0. The molecule has 0 saturated heterocycles. The summed E-state index contributed by atoms with van der Waals surface area (Å²) in [5.41, 5.74) is 9.34. The number of hydrogen-bond acceptors (Lipinski definition) is 2. The molecule has 1 heterocycles. The molecule has 4 nitrogen and oxygen atoms in total. The summed E-state index contributed by atoms with van der Waals surface area (Å²) in [4.78, 5) is 15.5. The van der Waals surface area contributed by atoms with Gasteiger partial charge in [0.25, 0.3) is 0 Å².